The Kier molecular flexibility index (Phi) is 4.05. The van der Waals surface area contributed by atoms with Gasteiger partial charge in [-0.2, -0.15) is 0 Å². The van der Waals surface area contributed by atoms with Crippen molar-refractivity contribution in [3.05, 3.63) is 24.3 Å². The lowest BCUT2D eigenvalue weighted by Gasteiger charge is -2.14. The predicted molar refractivity (Wildman–Crippen MR) is 47.1 cm³/mol. The van der Waals surface area contributed by atoms with Crippen molar-refractivity contribution >= 4 is 0 Å². The van der Waals surface area contributed by atoms with E-state index >= 15 is 0 Å². The molecule has 0 amide bonds. The van der Waals surface area contributed by atoms with Gasteiger partial charge in [0, 0.05) is 6.04 Å². The normalized spacial score (nSPS) is 12.7. The largest absolute Gasteiger partial charge is 0.313 e. The van der Waals surface area contributed by atoms with Gasteiger partial charge in [-0.15, -0.1) is 0 Å². The molecule has 0 saturated carbocycles. The molecule has 0 aromatic heterocycles. The van der Waals surface area contributed by atoms with E-state index in [9.17, 15) is 0 Å². The summed E-state index contributed by atoms with van der Waals surface area (Å²) in [6.07, 6.45) is 0.991. The van der Waals surface area contributed by atoms with Gasteiger partial charge < -0.3 is 5.32 Å². The van der Waals surface area contributed by atoms with Crippen LogP contribution in [0.2, 0.25) is 0 Å². The van der Waals surface area contributed by atoms with Gasteiger partial charge in [0.1, 0.15) is 0 Å². The standard InChI is InChI=1S/C9H17N/c1-6-7(2)8(3)9(4)10-5/h9-10H,2-3,6H2,1,4-5H3. The van der Waals surface area contributed by atoms with E-state index < -0.39 is 0 Å². The Bertz CT molecular complexity index is 136. The summed E-state index contributed by atoms with van der Waals surface area (Å²) < 4.78 is 0. The molecule has 0 spiro atoms. The summed E-state index contributed by atoms with van der Waals surface area (Å²) in [5.74, 6) is 0. The zero-order chi connectivity index (χ0) is 8.15. The molecule has 1 atom stereocenters. The second kappa shape index (κ2) is 4.29. The molecule has 0 rings (SSSR count). The molecule has 0 aliphatic rings. The first-order chi connectivity index (χ1) is 4.63. The molecule has 0 fully saturated rings. The summed E-state index contributed by atoms with van der Waals surface area (Å²) >= 11 is 0. The van der Waals surface area contributed by atoms with Crippen molar-refractivity contribution in [2.75, 3.05) is 7.05 Å². The van der Waals surface area contributed by atoms with Crippen LogP contribution in [0.25, 0.3) is 0 Å². The predicted octanol–water partition coefficient (Wildman–Crippen LogP) is 2.12. The maximum absolute atomic E-state index is 3.93. The molecular formula is C9H17N. The summed E-state index contributed by atoms with van der Waals surface area (Å²) in [4.78, 5) is 0. The van der Waals surface area contributed by atoms with E-state index in [1.807, 2.05) is 7.05 Å². The molecule has 0 heterocycles. The SMILES string of the molecule is C=C(CC)C(=C)C(C)NC. The Hall–Kier alpha value is -0.560. The highest BCUT2D eigenvalue weighted by molar-refractivity contribution is 5.28. The summed E-state index contributed by atoms with van der Waals surface area (Å²) in [5.41, 5.74) is 2.26. The minimum absolute atomic E-state index is 0.354. The van der Waals surface area contributed by atoms with Crippen LogP contribution in [0, 0.1) is 0 Å². The molecule has 0 saturated heterocycles. The zero-order valence-corrected chi connectivity index (χ0v) is 7.20. The fraction of sp³-hybridized carbons (Fsp3) is 0.556. The van der Waals surface area contributed by atoms with E-state index in [0.29, 0.717) is 6.04 Å². The van der Waals surface area contributed by atoms with E-state index in [1.54, 1.807) is 0 Å². The van der Waals surface area contributed by atoms with E-state index in [0.717, 1.165) is 17.6 Å². The molecule has 58 valence electrons. The topological polar surface area (TPSA) is 12.0 Å². The van der Waals surface area contributed by atoms with Crippen LogP contribution in [0.5, 0.6) is 0 Å². The summed E-state index contributed by atoms with van der Waals surface area (Å²) in [7, 11) is 1.93. The summed E-state index contributed by atoms with van der Waals surface area (Å²) in [5, 5.41) is 3.12. The molecule has 10 heavy (non-hydrogen) atoms. The van der Waals surface area contributed by atoms with Crippen LogP contribution in [0.1, 0.15) is 20.3 Å². The number of nitrogens with one attached hydrogen (secondary N) is 1. The van der Waals surface area contributed by atoms with E-state index in [4.69, 9.17) is 0 Å². The van der Waals surface area contributed by atoms with Gasteiger partial charge in [-0.1, -0.05) is 25.7 Å². The third kappa shape index (κ3) is 2.36. The molecule has 1 heteroatoms. The lowest BCUT2D eigenvalue weighted by atomic mass is 10.0. The molecule has 0 aromatic rings. The average molecular weight is 139 g/mol. The van der Waals surface area contributed by atoms with Crippen molar-refractivity contribution in [2.45, 2.75) is 26.3 Å². The van der Waals surface area contributed by atoms with Gasteiger partial charge in [-0.25, -0.2) is 0 Å². The Morgan fingerprint density at radius 2 is 2.00 bits per heavy atom. The molecule has 0 aliphatic heterocycles. The minimum atomic E-state index is 0.354. The molecule has 0 aliphatic carbocycles. The Labute approximate surface area is 63.8 Å². The average Bonchev–Trinajstić information content (AvgIpc) is 2.00. The quantitative estimate of drug-likeness (QED) is 0.588. The van der Waals surface area contributed by atoms with Crippen molar-refractivity contribution < 1.29 is 0 Å². The second-order valence-electron chi connectivity index (χ2n) is 2.49. The zero-order valence-electron chi connectivity index (χ0n) is 7.20. The highest BCUT2D eigenvalue weighted by atomic mass is 14.9. The van der Waals surface area contributed by atoms with Crippen LogP contribution < -0.4 is 5.32 Å². The lowest BCUT2D eigenvalue weighted by molar-refractivity contribution is 0.695. The third-order valence-electron chi connectivity index (χ3n) is 1.84. The van der Waals surface area contributed by atoms with Crippen LogP contribution in [0.3, 0.4) is 0 Å². The molecule has 1 unspecified atom stereocenters. The number of rotatable bonds is 4. The van der Waals surface area contributed by atoms with Gasteiger partial charge >= 0.3 is 0 Å². The first-order valence-corrected chi connectivity index (χ1v) is 3.67. The number of hydrogen-bond acceptors (Lipinski definition) is 1. The lowest BCUT2D eigenvalue weighted by Crippen LogP contribution is -2.23. The molecule has 0 aromatic carbocycles. The van der Waals surface area contributed by atoms with Gasteiger partial charge in [-0.3, -0.25) is 0 Å². The monoisotopic (exact) mass is 139 g/mol. The summed E-state index contributed by atoms with van der Waals surface area (Å²) in [6, 6.07) is 0.354. The van der Waals surface area contributed by atoms with Gasteiger partial charge in [0.25, 0.3) is 0 Å². The first-order valence-electron chi connectivity index (χ1n) is 3.67. The van der Waals surface area contributed by atoms with Crippen molar-refractivity contribution in [3.8, 4) is 0 Å². The minimum Gasteiger partial charge on any atom is -0.313 e. The van der Waals surface area contributed by atoms with Gasteiger partial charge in [0.05, 0.1) is 0 Å². The van der Waals surface area contributed by atoms with Gasteiger partial charge in [0.2, 0.25) is 0 Å². The molecule has 1 nitrogen and oxygen atoms in total. The van der Waals surface area contributed by atoms with E-state index in [1.165, 1.54) is 0 Å². The highest BCUT2D eigenvalue weighted by Crippen LogP contribution is 2.12. The Balaban J connectivity index is 3.95. The van der Waals surface area contributed by atoms with Crippen LogP contribution in [-0.4, -0.2) is 13.1 Å². The van der Waals surface area contributed by atoms with Crippen LogP contribution in [0.15, 0.2) is 24.3 Å². The van der Waals surface area contributed by atoms with Crippen LogP contribution >= 0.6 is 0 Å². The maximum Gasteiger partial charge on any atom is 0.0285 e. The third-order valence-corrected chi connectivity index (χ3v) is 1.84. The van der Waals surface area contributed by atoms with E-state index in [2.05, 4.69) is 32.3 Å². The molecule has 1 N–H and O–H groups in total. The fourth-order valence-electron chi connectivity index (χ4n) is 0.707. The molecule has 0 bridgehead atoms. The van der Waals surface area contributed by atoms with Crippen molar-refractivity contribution in [3.63, 3.8) is 0 Å². The second-order valence-corrected chi connectivity index (χ2v) is 2.49. The fourth-order valence-corrected chi connectivity index (χ4v) is 0.707. The van der Waals surface area contributed by atoms with Crippen molar-refractivity contribution in [1.29, 1.82) is 0 Å². The van der Waals surface area contributed by atoms with Gasteiger partial charge in [0.15, 0.2) is 0 Å². The van der Waals surface area contributed by atoms with Gasteiger partial charge in [-0.05, 0) is 26.0 Å². The Morgan fingerprint density at radius 1 is 1.50 bits per heavy atom. The van der Waals surface area contributed by atoms with E-state index in [-0.39, 0.29) is 0 Å². The van der Waals surface area contributed by atoms with Crippen LogP contribution in [-0.2, 0) is 0 Å². The van der Waals surface area contributed by atoms with Crippen molar-refractivity contribution in [2.24, 2.45) is 0 Å². The van der Waals surface area contributed by atoms with Crippen LogP contribution in [0.4, 0.5) is 0 Å². The maximum atomic E-state index is 3.93. The first kappa shape index (κ1) is 9.44. The smallest absolute Gasteiger partial charge is 0.0285 e. The summed E-state index contributed by atoms with van der Waals surface area (Å²) in [6.45, 7) is 12.0. The number of hydrogen-bond donors (Lipinski definition) is 1. The Morgan fingerprint density at radius 3 is 2.30 bits per heavy atom. The van der Waals surface area contributed by atoms with Crippen molar-refractivity contribution in [1.82, 2.24) is 5.32 Å². The molecular weight excluding hydrogens is 122 g/mol. The highest BCUT2D eigenvalue weighted by Gasteiger charge is 2.04. The molecule has 0 radical (unpaired) electrons. The number of likely N-dealkylation sites (N-methyl/N-ethyl adjacent to an activating group) is 1.